The minimum Gasteiger partial charge on any atom is -0.495 e. The number of aromatic nitrogens is 3. The van der Waals surface area contributed by atoms with Crippen molar-refractivity contribution in [2.24, 2.45) is 0 Å². The van der Waals surface area contributed by atoms with Gasteiger partial charge in [0.05, 0.1) is 29.4 Å². The lowest BCUT2D eigenvalue weighted by atomic mass is 10.2. The van der Waals surface area contributed by atoms with Crippen LogP contribution in [0.2, 0.25) is 0 Å². The molecule has 0 spiro atoms. The lowest BCUT2D eigenvalue weighted by Gasteiger charge is -2.09. The first-order valence-corrected chi connectivity index (χ1v) is 10.4. The van der Waals surface area contributed by atoms with Crippen LogP contribution in [-0.4, -0.2) is 33.5 Å². The van der Waals surface area contributed by atoms with Gasteiger partial charge in [-0.3, -0.25) is 19.0 Å². The van der Waals surface area contributed by atoms with Crippen LogP contribution in [0.25, 0.3) is 10.2 Å². The Balaban J connectivity index is 1.60. The normalized spacial score (nSPS) is 10.7. The van der Waals surface area contributed by atoms with Crippen LogP contribution >= 0.6 is 11.3 Å². The van der Waals surface area contributed by atoms with E-state index in [4.69, 9.17) is 4.74 Å². The van der Waals surface area contributed by atoms with E-state index in [0.29, 0.717) is 37.9 Å². The molecule has 4 aromatic rings. The summed E-state index contributed by atoms with van der Waals surface area (Å²) in [6.07, 6.45) is 2.86. The molecule has 0 atom stereocenters. The molecule has 162 valence electrons. The highest BCUT2D eigenvalue weighted by Gasteiger charge is 2.21. The maximum atomic E-state index is 13.0. The zero-order chi connectivity index (χ0) is 22.7. The van der Waals surface area contributed by atoms with Crippen LogP contribution in [0.4, 0.5) is 11.5 Å². The molecule has 0 aliphatic heterocycles. The number of carbonyl (C=O) groups excluding carboxylic acids is 2. The molecule has 3 heterocycles. The lowest BCUT2D eigenvalue weighted by Crippen LogP contribution is -2.28. The van der Waals surface area contributed by atoms with Gasteiger partial charge >= 0.3 is 0 Å². The smallest absolute Gasteiger partial charge is 0.266 e. The molecule has 0 saturated carbocycles. The Morgan fingerprint density at radius 2 is 1.88 bits per heavy atom. The van der Waals surface area contributed by atoms with Crippen LogP contribution in [0.5, 0.6) is 5.75 Å². The van der Waals surface area contributed by atoms with Crippen LogP contribution in [0.3, 0.4) is 0 Å². The van der Waals surface area contributed by atoms with Crippen LogP contribution in [-0.2, 0) is 11.3 Å². The van der Waals surface area contributed by atoms with Crippen molar-refractivity contribution in [1.29, 1.82) is 0 Å². The molecule has 10 heteroatoms. The predicted molar refractivity (Wildman–Crippen MR) is 122 cm³/mol. The largest absolute Gasteiger partial charge is 0.495 e. The summed E-state index contributed by atoms with van der Waals surface area (Å²) < 4.78 is 6.48. The predicted octanol–water partition coefficient (Wildman–Crippen LogP) is 3.06. The van der Waals surface area contributed by atoms with Gasteiger partial charge in [0.1, 0.15) is 22.9 Å². The minimum absolute atomic E-state index is 0.226. The number of pyridine rings is 1. The summed E-state index contributed by atoms with van der Waals surface area (Å²) >= 11 is 1.12. The first-order valence-electron chi connectivity index (χ1n) is 9.61. The molecule has 32 heavy (non-hydrogen) atoms. The monoisotopic (exact) mass is 449 g/mol. The Labute approximate surface area is 186 Å². The first-order chi connectivity index (χ1) is 15.5. The molecule has 4 rings (SSSR count). The Hall–Kier alpha value is -4.05. The van der Waals surface area contributed by atoms with Crippen molar-refractivity contribution in [2.45, 2.75) is 13.5 Å². The van der Waals surface area contributed by atoms with Gasteiger partial charge in [-0.25, -0.2) is 9.97 Å². The van der Waals surface area contributed by atoms with Gasteiger partial charge in [-0.1, -0.05) is 18.2 Å². The number of hydrogen-bond donors (Lipinski definition) is 2. The second kappa shape index (κ2) is 8.98. The summed E-state index contributed by atoms with van der Waals surface area (Å²) in [5, 5.41) is 5.76. The molecule has 2 amide bonds. The highest BCUT2D eigenvalue weighted by Crippen LogP contribution is 2.29. The van der Waals surface area contributed by atoms with Crippen molar-refractivity contribution in [3.63, 3.8) is 0 Å². The van der Waals surface area contributed by atoms with E-state index < -0.39 is 11.5 Å². The van der Waals surface area contributed by atoms with Gasteiger partial charge in [0.15, 0.2) is 0 Å². The number of anilines is 2. The van der Waals surface area contributed by atoms with Crippen LogP contribution in [0.15, 0.2) is 59.8 Å². The van der Waals surface area contributed by atoms with Crippen LogP contribution in [0, 0.1) is 6.92 Å². The summed E-state index contributed by atoms with van der Waals surface area (Å²) in [6.45, 7) is 1.47. The number of carbonyl (C=O) groups is 2. The second-order valence-electron chi connectivity index (χ2n) is 6.83. The van der Waals surface area contributed by atoms with E-state index in [1.807, 2.05) is 0 Å². The maximum Gasteiger partial charge on any atom is 0.266 e. The highest BCUT2D eigenvalue weighted by atomic mass is 32.1. The number of nitrogens with zero attached hydrogens (tertiary/aromatic N) is 3. The molecule has 0 radical (unpaired) electrons. The number of fused-ring (bicyclic) bond motifs is 1. The summed E-state index contributed by atoms with van der Waals surface area (Å²) in [6, 6.07) is 12.2. The average molecular weight is 449 g/mol. The molecule has 9 nitrogen and oxygen atoms in total. The van der Waals surface area contributed by atoms with Crippen molar-refractivity contribution < 1.29 is 14.3 Å². The highest BCUT2D eigenvalue weighted by molar-refractivity contribution is 7.20. The molecular formula is C22H19N5O4S. The summed E-state index contributed by atoms with van der Waals surface area (Å²) in [4.78, 5) is 47.3. The molecule has 0 bridgehead atoms. The third-order valence-corrected chi connectivity index (χ3v) is 5.92. The van der Waals surface area contributed by atoms with E-state index in [2.05, 4.69) is 20.6 Å². The number of rotatable bonds is 6. The molecule has 2 N–H and O–H groups in total. The quantitative estimate of drug-likeness (QED) is 0.468. The van der Waals surface area contributed by atoms with Crippen molar-refractivity contribution in [2.75, 3.05) is 17.7 Å². The summed E-state index contributed by atoms with van der Waals surface area (Å²) in [7, 11) is 1.52. The fourth-order valence-corrected chi connectivity index (χ4v) is 4.22. The van der Waals surface area contributed by atoms with E-state index in [1.54, 1.807) is 55.6 Å². The summed E-state index contributed by atoms with van der Waals surface area (Å²) in [5.41, 5.74) is 0.638. The Morgan fingerprint density at radius 3 is 2.62 bits per heavy atom. The van der Waals surface area contributed by atoms with Crippen molar-refractivity contribution in [3.8, 4) is 5.75 Å². The number of amides is 2. The number of aryl methyl sites for hydroxylation is 1. The molecule has 0 aliphatic carbocycles. The third kappa shape index (κ3) is 4.21. The molecule has 0 saturated heterocycles. The molecule has 0 fully saturated rings. The molecular weight excluding hydrogens is 430 g/mol. The van der Waals surface area contributed by atoms with E-state index >= 15 is 0 Å². The number of methoxy groups -OCH3 is 1. The molecule has 0 aliphatic rings. The zero-order valence-electron chi connectivity index (χ0n) is 17.3. The fourth-order valence-electron chi connectivity index (χ4n) is 3.19. The van der Waals surface area contributed by atoms with Crippen molar-refractivity contribution >= 4 is 44.9 Å². The molecule has 0 unspecified atom stereocenters. The van der Waals surface area contributed by atoms with Gasteiger partial charge in [0.2, 0.25) is 5.91 Å². The van der Waals surface area contributed by atoms with Gasteiger partial charge in [0, 0.05) is 6.20 Å². The summed E-state index contributed by atoms with van der Waals surface area (Å²) in [5.74, 6) is 0.142. The molecule has 1 aromatic carbocycles. The van der Waals surface area contributed by atoms with E-state index in [-0.39, 0.29) is 12.5 Å². The number of para-hydroxylation sites is 2. The van der Waals surface area contributed by atoms with Crippen LogP contribution in [0.1, 0.15) is 15.2 Å². The lowest BCUT2D eigenvalue weighted by molar-refractivity contribution is -0.116. The Bertz CT molecular complexity index is 1360. The van der Waals surface area contributed by atoms with Gasteiger partial charge in [-0.15, -0.1) is 11.3 Å². The van der Waals surface area contributed by atoms with Gasteiger partial charge in [-0.05, 0) is 36.8 Å². The molecule has 3 aromatic heterocycles. The van der Waals surface area contributed by atoms with Gasteiger partial charge in [-0.2, -0.15) is 0 Å². The number of benzene rings is 1. The SMILES string of the molecule is COc1ccccc1NC(=O)c1sc2ncn(CC(=O)Nc3ccccn3)c(=O)c2c1C. The third-order valence-electron chi connectivity index (χ3n) is 4.73. The van der Waals surface area contributed by atoms with Crippen LogP contribution < -0.4 is 20.9 Å². The van der Waals surface area contributed by atoms with E-state index in [0.717, 1.165) is 11.3 Å². The maximum absolute atomic E-state index is 13.0. The van der Waals surface area contributed by atoms with Gasteiger partial charge in [0.25, 0.3) is 11.5 Å². The Kier molecular flexibility index (Phi) is 5.95. The number of nitrogens with one attached hydrogen (secondary N) is 2. The Morgan fingerprint density at radius 1 is 1.09 bits per heavy atom. The number of ether oxygens (including phenoxy) is 1. The van der Waals surface area contributed by atoms with Crippen molar-refractivity contribution in [3.05, 3.63) is 75.8 Å². The minimum atomic E-state index is -0.408. The van der Waals surface area contributed by atoms with E-state index in [9.17, 15) is 14.4 Å². The van der Waals surface area contributed by atoms with E-state index in [1.165, 1.54) is 18.0 Å². The number of hydrogen-bond acceptors (Lipinski definition) is 7. The second-order valence-corrected chi connectivity index (χ2v) is 7.83. The standard InChI is InChI=1S/C22H19N5O4S/c1-13-18-21(32-19(13)20(29)25-14-7-3-4-8-15(14)31-2)24-12-27(22(18)30)11-17(28)26-16-9-5-6-10-23-16/h3-10,12H,11H2,1-2H3,(H,25,29)(H,23,26,28). The average Bonchev–Trinajstić information content (AvgIpc) is 3.14. The van der Waals surface area contributed by atoms with Crippen molar-refractivity contribution in [1.82, 2.24) is 14.5 Å². The van der Waals surface area contributed by atoms with Gasteiger partial charge < -0.3 is 15.4 Å². The fraction of sp³-hybridized carbons (Fsp3) is 0.136. The topological polar surface area (TPSA) is 115 Å². The zero-order valence-corrected chi connectivity index (χ0v) is 18.1. The number of thiophene rings is 1. The first kappa shape index (κ1) is 21.2.